The van der Waals surface area contributed by atoms with E-state index in [9.17, 15) is 48.6 Å². The summed E-state index contributed by atoms with van der Waals surface area (Å²) >= 11 is 0. The van der Waals surface area contributed by atoms with E-state index >= 15 is 4.39 Å². The van der Waals surface area contributed by atoms with Gasteiger partial charge in [-0.25, -0.2) is 34.8 Å². The van der Waals surface area contributed by atoms with Crippen molar-refractivity contribution in [3.05, 3.63) is 47.8 Å². The summed E-state index contributed by atoms with van der Waals surface area (Å²) in [5.41, 5.74) is -7.34. The first-order valence-electron chi connectivity index (χ1n) is 12.0. The quantitative estimate of drug-likeness (QED) is 0.348. The minimum absolute atomic E-state index is 0.0566. The van der Waals surface area contributed by atoms with Gasteiger partial charge in [-0.1, -0.05) is 0 Å². The van der Waals surface area contributed by atoms with Crippen LogP contribution in [-0.2, 0) is 16.0 Å². The summed E-state index contributed by atoms with van der Waals surface area (Å²) in [5, 5.41) is 9.35. The van der Waals surface area contributed by atoms with Crippen LogP contribution in [0, 0.1) is 17.2 Å². The van der Waals surface area contributed by atoms with Crippen LogP contribution in [0.5, 0.6) is 5.75 Å². The van der Waals surface area contributed by atoms with E-state index in [1.807, 2.05) is 0 Å². The van der Waals surface area contributed by atoms with Crippen molar-refractivity contribution < 1.29 is 57.8 Å². The number of hydrogen-bond acceptors (Lipinski definition) is 5. The van der Waals surface area contributed by atoms with Crippen LogP contribution >= 0.6 is 0 Å². The molecule has 2 aromatic carbocycles. The standard InChI is InChI=1S/C25H24F9NO4S/c1-22(28,29)7-6-14-10-35(16-4-2-15(26)3-5-16)18-8-17(25(32,33)34)19(9-20(18)40(37,38)21(14)27)39-13-23(12-36)11-24(23,30)31/h2-5,8-9,14,21,36H,6-7,10-13H2,1H3/t14-,21+,23+/m1/s1. The third kappa shape index (κ3) is 5.71. The fourth-order valence-corrected chi connectivity index (χ4v) is 6.32. The first-order chi connectivity index (χ1) is 18.3. The highest BCUT2D eigenvalue weighted by Crippen LogP contribution is 2.60. The minimum atomic E-state index is -5.22. The number of nitrogens with zero attached hydrogens (tertiary/aromatic N) is 1. The summed E-state index contributed by atoms with van der Waals surface area (Å²) in [5.74, 6) is -10.3. The number of benzene rings is 2. The zero-order valence-electron chi connectivity index (χ0n) is 20.8. The van der Waals surface area contributed by atoms with Crippen LogP contribution in [0.3, 0.4) is 0 Å². The first-order valence-corrected chi connectivity index (χ1v) is 13.5. The molecule has 1 saturated carbocycles. The number of ether oxygens (including phenoxy) is 1. The molecule has 1 aliphatic carbocycles. The van der Waals surface area contributed by atoms with Crippen LogP contribution in [0.1, 0.15) is 31.7 Å². The lowest BCUT2D eigenvalue weighted by atomic mass is 10.00. The molecule has 3 atom stereocenters. The van der Waals surface area contributed by atoms with E-state index < -0.39 is 111 Å². The lowest BCUT2D eigenvalue weighted by Crippen LogP contribution is -2.32. The number of aliphatic hydroxyl groups is 1. The van der Waals surface area contributed by atoms with Crippen molar-refractivity contribution in [1.82, 2.24) is 0 Å². The number of sulfone groups is 1. The number of alkyl halides is 8. The summed E-state index contributed by atoms with van der Waals surface area (Å²) in [6.45, 7) is -2.35. The topological polar surface area (TPSA) is 66.8 Å². The smallest absolute Gasteiger partial charge is 0.420 e. The number of hydrogen-bond donors (Lipinski definition) is 1. The second-order valence-corrected chi connectivity index (χ2v) is 12.3. The predicted molar refractivity (Wildman–Crippen MR) is 125 cm³/mol. The second kappa shape index (κ2) is 10.00. The van der Waals surface area contributed by atoms with Crippen molar-refractivity contribution in [2.75, 3.05) is 24.7 Å². The summed E-state index contributed by atoms with van der Waals surface area (Å²) in [7, 11) is -5.15. The number of fused-ring (bicyclic) bond motifs is 1. The van der Waals surface area contributed by atoms with Crippen LogP contribution in [0.4, 0.5) is 50.9 Å². The molecule has 15 heteroatoms. The molecular weight excluding hydrogens is 581 g/mol. The fraction of sp³-hybridized carbons (Fsp3) is 0.520. The molecule has 5 nitrogen and oxygen atoms in total. The van der Waals surface area contributed by atoms with Crippen molar-refractivity contribution in [1.29, 1.82) is 0 Å². The monoisotopic (exact) mass is 605 g/mol. The van der Waals surface area contributed by atoms with E-state index in [1.54, 1.807) is 0 Å². The number of anilines is 2. The largest absolute Gasteiger partial charge is 0.492 e. The average molecular weight is 606 g/mol. The third-order valence-electron chi connectivity index (χ3n) is 7.16. The molecule has 222 valence electrons. The minimum Gasteiger partial charge on any atom is -0.492 e. The van der Waals surface area contributed by atoms with Gasteiger partial charge < -0.3 is 14.7 Å². The Kier molecular flexibility index (Phi) is 7.57. The average Bonchev–Trinajstić information content (AvgIpc) is 3.43. The molecule has 2 aliphatic rings. The Hall–Kier alpha value is -2.68. The van der Waals surface area contributed by atoms with Crippen LogP contribution in [0.15, 0.2) is 41.3 Å². The molecule has 0 radical (unpaired) electrons. The summed E-state index contributed by atoms with van der Waals surface area (Å²) < 4.78 is 158. The molecule has 40 heavy (non-hydrogen) atoms. The molecule has 0 aromatic heterocycles. The Labute approximate surface area is 223 Å². The Bertz CT molecular complexity index is 1360. The van der Waals surface area contributed by atoms with Gasteiger partial charge in [-0.2, -0.15) is 13.2 Å². The van der Waals surface area contributed by atoms with Gasteiger partial charge in [0.05, 0.1) is 28.2 Å². The molecule has 1 N–H and O–H groups in total. The summed E-state index contributed by atoms with van der Waals surface area (Å²) in [6, 6.07) is 4.72. The van der Waals surface area contributed by atoms with Gasteiger partial charge in [0.25, 0.3) is 5.92 Å². The summed E-state index contributed by atoms with van der Waals surface area (Å²) in [6.07, 6.45) is -7.69. The first kappa shape index (κ1) is 30.3. The predicted octanol–water partition coefficient (Wildman–Crippen LogP) is 6.51. The zero-order valence-corrected chi connectivity index (χ0v) is 21.6. The molecular formula is C25H24F9NO4S. The number of halogens is 9. The van der Waals surface area contributed by atoms with Crippen LogP contribution in [0.25, 0.3) is 0 Å². The van der Waals surface area contributed by atoms with Crippen molar-refractivity contribution in [2.24, 2.45) is 11.3 Å². The Morgan fingerprint density at radius 1 is 1.10 bits per heavy atom. The third-order valence-corrected chi connectivity index (χ3v) is 9.08. The molecule has 4 rings (SSSR count). The molecule has 0 amide bonds. The number of rotatable bonds is 8. The van der Waals surface area contributed by atoms with E-state index in [1.165, 1.54) is 0 Å². The van der Waals surface area contributed by atoms with Crippen LogP contribution in [0.2, 0.25) is 0 Å². The van der Waals surface area contributed by atoms with Crippen LogP contribution in [-0.4, -0.2) is 50.6 Å². The van der Waals surface area contributed by atoms with E-state index in [0.717, 1.165) is 29.2 Å². The van der Waals surface area contributed by atoms with Gasteiger partial charge in [-0.3, -0.25) is 0 Å². The van der Waals surface area contributed by atoms with Gasteiger partial charge in [0, 0.05) is 37.1 Å². The maximum absolute atomic E-state index is 15.6. The maximum atomic E-state index is 15.6. The summed E-state index contributed by atoms with van der Waals surface area (Å²) in [4.78, 5) is -0.0492. The second-order valence-electron chi connectivity index (χ2n) is 10.3. The van der Waals surface area contributed by atoms with Crippen LogP contribution < -0.4 is 9.64 Å². The van der Waals surface area contributed by atoms with E-state index in [0.29, 0.717) is 19.1 Å². The molecule has 0 spiro atoms. The fourth-order valence-electron chi connectivity index (χ4n) is 4.62. The van der Waals surface area contributed by atoms with Crippen molar-refractivity contribution >= 4 is 21.2 Å². The van der Waals surface area contributed by atoms with Crippen molar-refractivity contribution in [3.8, 4) is 5.75 Å². The lowest BCUT2D eigenvalue weighted by molar-refractivity contribution is -0.139. The van der Waals surface area contributed by atoms with Gasteiger partial charge in [0.2, 0.25) is 21.3 Å². The maximum Gasteiger partial charge on any atom is 0.420 e. The zero-order chi connectivity index (χ0) is 29.9. The molecule has 2 aromatic rings. The van der Waals surface area contributed by atoms with Gasteiger partial charge in [-0.15, -0.1) is 0 Å². The Morgan fingerprint density at radius 3 is 2.20 bits per heavy atom. The normalized spacial score (nSPS) is 25.7. The molecule has 1 fully saturated rings. The van der Waals surface area contributed by atoms with E-state index in [-0.39, 0.29) is 5.69 Å². The highest BCUT2D eigenvalue weighted by molar-refractivity contribution is 7.92. The van der Waals surface area contributed by atoms with Gasteiger partial charge >= 0.3 is 6.18 Å². The highest BCUT2D eigenvalue weighted by atomic mass is 32.2. The highest BCUT2D eigenvalue weighted by Gasteiger charge is 2.71. The van der Waals surface area contributed by atoms with Gasteiger partial charge in [-0.05, 0) is 43.7 Å². The molecule has 1 aliphatic heterocycles. The molecule has 1 heterocycles. The van der Waals surface area contributed by atoms with Crippen molar-refractivity contribution in [2.45, 2.75) is 54.6 Å². The molecule has 0 bridgehead atoms. The lowest BCUT2D eigenvalue weighted by Gasteiger charge is -2.29. The molecule has 0 unspecified atom stereocenters. The van der Waals surface area contributed by atoms with E-state index in [2.05, 4.69) is 0 Å². The van der Waals surface area contributed by atoms with Gasteiger partial charge in [0.15, 0.2) is 0 Å². The van der Waals surface area contributed by atoms with E-state index in [4.69, 9.17) is 4.74 Å². The van der Waals surface area contributed by atoms with Gasteiger partial charge in [0.1, 0.15) is 18.2 Å². The van der Waals surface area contributed by atoms with Crippen molar-refractivity contribution in [3.63, 3.8) is 0 Å². The number of aliphatic hydroxyl groups excluding tert-OH is 1. The molecule has 0 saturated heterocycles. The Morgan fingerprint density at radius 2 is 1.70 bits per heavy atom. The SMILES string of the molecule is CC(F)(F)CC[C@@H]1CN(c2ccc(F)cc2)c2cc(C(F)(F)F)c(OC[C@@]3(CO)CC3(F)F)cc2S(=O)(=O)[C@@H]1F. The Balaban J connectivity index is 1.88.